The Morgan fingerprint density at radius 2 is 1.74 bits per heavy atom. The highest BCUT2D eigenvalue weighted by atomic mass is 35.5. The molecule has 1 aliphatic heterocycles. The van der Waals surface area contributed by atoms with Crippen LogP contribution in [0.1, 0.15) is 0 Å². The Morgan fingerprint density at radius 1 is 1.08 bits per heavy atom. The molecular weight excluding hydrogens is 571 g/mol. The van der Waals surface area contributed by atoms with Crippen LogP contribution in [0.2, 0.25) is 10.0 Å². The number of aromatic nitrogens is 2. The molecule has 0 aliphatic carbocycles. The number of carbonyl (C=O) groups is 1. The van der Waals surface area contributed by atoms with Gasteiger partial charge in [-0.2, -0.15) is 4.31 Å². The van der Waals surface area contributed by atoms with Gasteiger partial charge >= 0.3 is 0 Å². The van der Waals surface area contributed by atoms with Crippen molar-refractivity contribution in [3.63, 3.8) is 0 Å². The minimum atomic E-state index is -3.51. The molecular formula is C23H25Cl2N8O5S-. The zero-order valence-electron chi connectivity index (χ0n) is 20.6. The SMILES string of the molecule is CS(=O)(=O)N1CCN(c2ccc(NCCNc3ccc(N([O-])O)c(N)n3)nc2-c2ccc(Cl)cc2Cl)C(=O)C1. The molecule has 39 heavy (non-hydrogen) atoms. The fourth-order valence-electron chi connectivity index (χ4n) is 3.95. The van der Waals surface area contributed by atoms with Gasteiger partial charge in [0.15, 0.2) is 5.82 Å². The van der Waals surface area contributed by atoms with Crippen molar-refractivity contribution in [2.24, 2.45) is 0 Å². The molecule has 2 aromatic heterocycles. The smallest absolute Gasteiger partial charge is 0.242 e. The Balaban J connectivity index is 1.53. The number of nitrogen functional groups attached to an aromatic ring is 1. The molecule has 1 fully saturated rings. The summed E-state index contributed by atoms with van der Waals surface area (Å²) in [5.74, 6) is 0.389. The molecule has 1 aromatic carbocycles. The van der Waals surface area contributed by atoms with E-state index >= 15 is 0 Å². The summed E-state index contributed by atoms with van der Waals surface area (Å²) in [7, 11) is -3.51. The average Bonchev–Trinajstić information content (AvgIpc) is 2.86. The molecule has 4 rings (SSSR count). The Kier molecular flexibility index (Phi) is 8.64. The molecule has 0 spiro atoms. The number of anilines is 5. The largest absolute Gasteiger partial charge is 0.733 e. The summed E-state index contributed by atoms with van der Waals surface area (Å²) < 4.78 is 25.0. The summed E-state index contributed by atoms with van der Waals surface area (Å²) in [5.41, 5.74) is 6.96. The number of carbonyl (C=O) groups excluding carboxylic acids is 1. The molecule has 3 heterocycles. The lowest BCUT2D eigenvalue weighted by Gasteiger charge is -2.33. The van der Waals surface area contributed by atoms with Gasteiger partial charge in [-0.15, -0.1) is 0 Å². The lowest BCUT2D eigenvalue weighted by Crippen LogP contribution is -2.52. The van der Waals surface area contributed by atoms with Gasteiger partial charge in [0.2, 0.25) is 15.9 Å². The molecule has 0 radical (unpaired) electrons. The van der Waals surface area contributed by atoms with Gasteiger partial charge in [0.1, 0.15) is 11.6 Å². The van der Waals surface area contributed by atoms with Crippen molar-refractivity contribution in [1.82, 2.24) is 14.3 Å². The lowest BCUT2D eigenvalue weighted by molar-refractivity contribution is -0.119. The first-order valence-electron chi connectivity index (χ1n) is 11.6. The number of nitrogens with two attached hydrogens (primary N) is 1. The van der Waals surface area contributed by atoms with Crippen LogP contribution < -0.4 is 26.5 Å². The summed E-state index contributed by atoms with van der Waals surface area (Å²) in [6.45, 7) is 0.830. The Hall–Kier alpha value is -3.40. The molecule has 1 aliphatic rings. The van der Waals surface area contributed by atoms with Gasteiger partial charge in [-0.3, -0.25) is 10.0 Å². The van der Waals surface area contributed by atoms with Gasteiger partial charge in [-0.05, 0) is 42.5 Å². The predicted molar refractivity (Wildman–Crippen MR) is 152 cm³/mol. The summed E-state index contributed by atoms with van der Waals surface area (Å²) >= 11 is 12.6. The van der Waals surface area contributed by atoms with Gasteiger partial charge in [0, 0.05) is 36.8 Å². The topological polar surface area (TPSA) is 180 Å². The van der Waals surface area contributed by atoms with Crippen LogP contribution in [0.5, 0.6) is 0 Å². The van der Waals surface area contributed by atoms with Crippen LogP contribution in [0, 0.1) is 5.21 Å². The Labute approximate surface area is 234 Å². The van der Waals surface area contributed by atoms with Crippen molar-refractivity contribution < 1.29 is 18.4 Å². The van der Waals surface area contributed by atoms with Crippen molar-refractivity contribution in [2.75, 3.05) is 65.5 Å². The molecule has 3 aromatic rings. The minimum Gasteiger partial charge on any atom is -0.733 e. The normalized spacial score (nSPS) is 14.4. The molecule has 1 saturated heterocycles. The van der Waals surface area contributed by atoms with E-state index in [0.29, 0.717) is 51.7 Å². The monoisotopic (exact) mass is 595 g/mol. The zero-order chi connectivity index (χ0) is 28.3. The second kappa shape index (κ2) is 11.8. The van der Waals surface area contributed by atoms with E-state index < -0.39 is 10.0 Å². The quantitative estimate of drug-likeness (QED) is 0.211. The predicted octanol–water partition coefficient (Wildman–Crippen LogP) is 2.86. The maximum Gasteiger partial charge on any atom is 0.242 e. The number of sulfonamides is 1. The van der Waals surface area contributed by atoms with Crippen LogP contribution >= 0.6 is 23.2 Å². The molecule has 13 nitrogen and oxygen atoms in total. The number of nitrogens with zero attached hydrogens (tertiary/aromatic N) is 5. The second-order valence-electron chi connectivity index (χ2n) is 8.56. The van der Waals surface area contributed by atoms with Crippen LogP contribution in [-0.2, 0) is 14.8 Å². The van der Waals surface area contributed by atoms with Gasteiger partial charge in [-0.1, -0.05) is 23.2 Å². The van der Waals surface area contributed by atoms with Crippen LogP contribution in [0.3, 0.4) is 0 Å². The fourth-order valence-corrected chi connectivity index (χ4v) is 5.20. The average molecular weight is 596 g/mol. The first-order valence-corrected chi connectivity index (χ1v) is 14.2. The number of amides is 1. The number of benzene rings is 1. The van der Waals surface area contributed by atoms with E-state index in [1.165, 1.54) is 17.0 Å². The number of hydrogen-bond acceptors (Lipinski definition) is 11. The maximum absolute atomic E-state index is 13.0. The van der Waals surface area contributed by atoms with Gasteiger partial charge in [0.25, 0.3) is 0 Å². The third kappa shape index (κ3) is 6.79. The van der Waals surface area contributed by atoms with Crippen LogP contribution in [0.25, 0.3) is 11.3 Å². The highest BCUT2D eigenvalue weighted by molar-refractivity contribution is 7.88. The summed E-state index contributed by atoms with van der Waals surface area (Å²) in [4.78, 5) is 23.2. The standard InChI is InChI=1S/C23H25Cl2N8O5S/c1-39(37,38)31-10-11-32(21(34)13-31)17-4-6-19(29-22(17)15-3-2-14(24)12-16(15)25)27-8-9-28-20-7-5-18(33(35)36)23(26)30-20/h2-7,12,35H,8-11,13H2,1H3,(H,27,29)(H3,26,28,30)/q-1. The van der Waals surface area contributed by atoms with E-state index in [2.05, 4.69) is 15.6 Å². The number of hydrogen-bond donors (Lipinski definition) is 4. The van der Waals surface area contributed by atoms with E-state index in [9.17, 15) is 18.4 Å². The van der Waals surface area contributed by atoms with E-state index in [4.69, 9.17) is 39.1 Å². The van der Waals surface area contributed by atoms with Crippen LogP contribution in [-0.4, -0.2) is 72.8 Å². The summed E-state index contributed by atoms with van der Waals surface area (Å²) in [5, 5.41) is 26.6. The number of piperazine rings is 1. The van der Waals surface area contributed by atoms with Gasteiger partial charge < -0.3 is 31.7 Å². The van der Waals surface area contributed by atoms with E-state index in [1.54, 1.807) is 30.3 Å². The van der Waals surface area contributed by atoms with Crippen molar-refractivity contribution >= 4 is 68.0 Å². The minimum absolute atomic E-state index is 0.126. The van der Waals surface area contributed by atoms with Gasteiger partial charge in [0.05, 0.1) is 34.9 Å². The van der Waals surface area contributed by atoms with Gasteiger partial charge in [-0.25, -0.2) is 18.4 Å². The fraction of sp³-hybridized carbons (Fsp3) is 0.261. The first-order chi connectivity index (χ1) is 18.4. The van der Waals surface area contributed by atoms with Crippen molar-refractivity contribution in [3.8, 4) is 11.3 Å². The number of halogens is 2. The van der Waals surface area contributed by atoms with Crippen molar-refractivity contribution in [1.29, 1.82) is 0 Å². The molecule has 0 bridgehead atoms. The molecule has 16 heteroatoms. The number of nitrogens with one attached hydrogen (secondary N) is 2. The molecule has 0 saturated carbocycles. The van der Waals surface area contributed by atoms with Crippen LogP contribution in [0.4, 0.5) is 28.8 Å². The molecule has 5 N–H and O–H groups in total. The highest BCUT2D eigenvalue weighted by Gasteiger charge is 2.32. The Bertz CT molecular complexity index is 1490. The third-order valence-electron chi connectivity index (χ3n) is 5.85. The first kappa shape index (κ1) is 28.6. The lowest BCUT2D eigenvalue weighted by atomic mass is 10.1. The number of rotatable bonds is 9. The number of pyridine rings is 2. The van der Waals surface area contributed by atoms with Crippen molar-refractivity contribution in [3.05, 3.63) is 57.7 Å². The summed E-state index contributed by atoms with van der Waals surface area (Å²) in [6, 6.07) is 11.2. The van der Waals surface area contributed by atoms with E-state index in [-0.39, 0.29) is 42.3 Å². The van der Waals surface area contributed by atoms with E-state index in [1.807, 2.05) is 0 Å². The molecule has 1 amide bonds. The molecule has 0 atom stereocenters. The molecule has 208 valence electrons. The summed E-state index contributed by atoms with van der Waals surface area (Å²) in [6.07, 6.45) is 1.07. The van der Waals surface area contributed by atoms with Crippen molar-refractivity contribution in [2.45, 2.75) is 0 Å². The van der Waals surface area contributed by atoms with E-state index in [0.717, 1.165) is 10.6 Å². The highest BCUT2D eigenvalue weighted by Crippen LogP contribution is 2.37. The Morgan fingerprint density at radius 3 is 2.33 bits per heavy atom. The maximum atomic E-state index is 13.0. The zero-order valence-corrected chi connectivity index (χ0v) is 23.0. The molecule has 0 unspecified atom stereocenters. The van der Waals surface area contributed by atoms with Crippen LogP contribution in [0.15, 0.2) is 42.5 Å². The second-order valence-corrected chi connectivity index (χ2v) is 11.4. The third-order valence-corrected chi connectivity index (χ3v) is 7.65.